The smallest absolute Gasteiger partial charge is 0.233 e. The van der Waals surface area contributed by atoms with Crippen molar-refractivity contribution < 1.29 is 9.32 Å². The molecule has 1 saturated carbocycles. The zero-order chi connectivity index (χ0) is 19.8. The first-order chi connectivity index (χ1) is 14.2. The van der Waals surface area contributed by atoms with Gasteiger partial charge >= 0.3 is 0 Å². The van der Waals surface area contributed by atoms with Crippen LogP contribution in [0.25, 0.3) is 0 Å². The molecule has 2 aromatic rings. The van der Waals surface area contributed by atoms with Crippen LogP contribution in [0.5, 0.6) is 0 Å². The minimum absolute atomic E-state index is 0.300. The number of carbonyl (C=O) groups excluding carboxylic acids is 1. The van der Waals surface area contributed by atoms with Gasteiger partial charge in [-0.05, 0) is 63.9 Å². The number of piperidine rings is 1. The maximum atomic E-state index is 13.7. The van der Waals surface area contributed by atoms with Gasteiger partial charge in [0.25, 0.3) is 0 Å². The predicted octanol–water partition coefficient (Wildman–Crippen LogP) is 5.08. The number of rotatable bonds is 3. The summed E-state index contributed by atoms with van der Waals surface area (Å²) >= 11 is 0. The van der Waals surface area contributed by atoms with E-state index in [4.69, 9.17) is 4.52 Å². The highest BCUT2D eigenvalue weighted by Gasteiger charge is 2.45. The summed E-state index contributed by atoms with van der Waals surface area (Å²) in [6.07, 6.45) is 10.9. The van der Waals surface area contributed by atoms with Crippen molar-refractivity contribution in [3.63, 3.8) is 0 Å². The van der Waals surface area contributed by atoms with Crippen LogP contribution >= 0.6 is 0 Å². The van der Waals surface area contributed by atoms with E-state index in [1.54, 1.807) is 0 Å². The predicted molar refractivity (Wildman–Crippen MR) is 113 cm³/mol. The molecule has 0 bridgehead atoms. The van der Waals surface area contributed by atoms with Crippen LogP contribution in [-0.4, -0.2) is 29.1 Å². The molecule has 1 aromatic heterocycles. The summed E-state index contributed by atoms with van der Waals surface area (Å²) in [6.45, 7) is 3.79. The number of carbonyl (C=O) groups is 1. The molecule has 0 radical (unpaired) electrons. The molecule has 1 aromatic carbocycles. The fourth-order valence-corrected chi connectivity index (χ4v) is 5.86. The lowest BCUT2D eigenvalue weighted by Crippen LogP contribution is -2.48. The molecule has 4 nitrogen and oxygen atoms in total. The van der Waals surface area contributed by atoms with Gasteiger partial charge in [0.2, 0.25) is 5.91 Å². The standard InChI is InChI=1S/C25H32N2O2/c1-18-8-10-20(11-9-18)25(14-4-5-15-25)24(28)27-16-12-19(13-17-27)23-21-6-2-3-7-22(21)26-29-23/h8-11,19H,2-7,12-17H2,1H3. The van der Waals surface area contributed by atoms with E-state index in [1.165, 1.54) is 35.2 Å². The van der Waals surface area contributed by atoms with Crippen molar-refractivity contribution >= 4 is 5.91 Å². The van der Waals surface area contributed by atoms with E-state index in [2.05, 4.69) is 41.2 Å². The molecule has 1 aliphatic heterocycles. The summed E-state index contributed by atoms with van der Waals surface area (Å²) in [6, 6.07) is 8.68. The fraction of sp³-hybridized carbons (Fsp3) is 0.600. The van der Waals surface area contributed by atoms with Crippen LogP contribution in [0, 0.1) is 6.92 Å². The summed E-state index contributed by atoms with van der Waals surface area (Å²) < 4.78 is 5.80. The van der Waals surface area contributed by atoms with Gasteiger partial charge in [0, 0.05) is 24.6 Å². The van der Waals surface area contributed by atoms with Crippen LogP contribution in [-0.2, 0) is 23.1 Å². The molecule has 0 atom stereocenters. The Bertz CT molecular complexity index is 869. The number of benzene rings is 1. The maximum absolute atomic E-state index is 13.7. The fourth-order valence-electron chi connectivity index (χ4n) is 5.86. The molecule has 1 amide bonds. The van der Waals surface area contributed by atoms with Crippen molar-refractivity contribution in [3.05, 3.63) is 52.4 Å². The number of hydrogen-bond donors (Lipinski definition) is 0. The highest BCUT2D eigenvalue weighted by molar-refractivity contribution is 5.88. The number of hydrogen-bond acceptors (Lipinski definition) is 3. The first kappa shape index (κ1) is 18.9. The van der Waals surface area contributed by atoms with E-state index in [9.17, 15) is 4.79 Å². The third kappa shape index (κ3) is 3.31. The normalized spacial score (nSPS) is 21.9. The first-order valence-electron chi connectivity index (χ1n) is 11.5. The van der Waals surface area contributed by atoms with Gasteiger partial charge in [0.15, 0.2) is 0 Å². The Kier molecular flexibility index (Phi) is 4.97. The topological polar surface area (TPSA) is 46.3 Å². The molecule has 4 heteroatoms. The van der Waals surface area contributed by atoms with E-state index in [0.717, 1.165) is 70.2 Å². The molecule has 0 spiro atoms. The summed E-state index contributed by atoms with van der Waals surface area (Å²) in [5, 5.41) is 4.35. The van der Waals surface area contributed by atoms with Gasteiger partial charge in [-0.1, -0.05) is 47.8 Å². The third-order valence-electron chi connectivity index (χ3n) is 7.61. The number of aryl methyl sites for hydroxylation is 2. The highest BCUT2D eigenvalue weighted by Crippen LogP contribution is 2.44. The average Bonchev–Trinajstić information content (AvgIpc) is 3.42. The first-order valence-corrected chi connectivity index (χ1v) is 11.5. The molecule has 5 rings (SSSR count). The molecule has 2 heterocycles. The van der Waals surface area contributed by atoms with Crippen LogP contribution < -0.4 is 0 Å². The van der Waals surface area contributed by atoms with Gasteiger partial charge < -0.3 is 9.42 Å². The van der Waals surface area contributed by atoms with Crippen LogP contribution in [0.1, 0.15) is 85.4 Å². The van der Waals surface area contributed by atoms with E-state index < -0.39 is 0 Å². The summed E-state index contributed by atoms with van der Waals surface area (Å²) in [5.74, 6) is 1.91. The third-order valence-corrected chi connectivity index (χ3v) is 7.61. The van der Waals surface area contributed by atoms with Crippen molar-refractivity contribution in [2.24, 2.45) is 0 Å². The Morgan fingerprint density at radius 3 is 2.45 bits per heavy atom. The lowest BCUT2D eigenvalue weighted by atomic mass is 9.76. The molecule has 0 N–H and O–H groups in total. The van der Waals surface area contributed by atoms with Crippen LogP contribution in [0.3, 0.4) is 0 Å². The number of aromatic nitrogens is 1. The number of amides is 1. The monoisotopic (exact) mass is 392 g/mol. The molecule has 2 aliphatic carbocycles. The molecular formula is C25H32N2O2. The second kappa shape index (κ2) is 7.62. The molecule has 154 valence electrons. The van der Waals surface area contributed by atoms with Crippen molar-refractivity contribution in [2.75, 3.05) is 13.1 Å². The molecule has 3 aliphatic rings. The Labute approximate surface area is 173 Å². The number of fused-ring (bicyclic) bond motifs is 1. The second-order valence-corrected chi connectivity index (χ2v) is 9.40. The van der Waals surface area contributed by atoms with Gasteiger partial charge in [-0.2, -0.15) is 0 Å². The molecule has 29 heavy (non-hydrogen) atoms. The van der Waals surface area contributed by atoms with Crippen LogP contribution in [0.15, 0.2) is 28.8 Å². The van der Waals surface area contributed by atoms with E-state index in [0.29, 0.717) is 11.8 Å². The second-order valence-electron chi connectivity index (χ2n) is 9.40. The van der Waals surface area contributed by atoms with Gasteiger partial charge in [-0.15, -0.1) is 0 Å². The Morgan fingerprint density at radius 2 is 1.72 bits per heavy atom. The van der Waals surface area contributed by atoms with Gasteiger partial charge in [0.1, 0.15) is 5.76 Å². The molecular weight excluding hydrogens is 360 g/mol. The minimum Gasteiger partial charge on any atom is -0.361 e. The van der Waals surface area contributed by atoms with E-state index in [1.807, 2.05) is 0 Å². The summed E-state index contributed by atoms with van der Waals surface area (Å²) in [5.41, 5.74) is 4.75. The minimum atomic E-state index is -0.300. The van der Waals surface area contributed by atoms with Crippen molar-refractivity contribution in [1.29, 1.82) is 0 Å². The largest absolute Gasteiger partial charge is 0.361 e. The van der Waals surface area contributed by atoms with E-state index >= 15 is 0 Å². The lowest BCUT2D eigenvalue weighted by molar-refractivity contribution is -0.138. The van der Waals surface area contributed by atoms with Crippen molar-refractivity contribution in [1.82, 2.24) is 10.1 Å². The zero-order valence-corrected chi connectivity index (χ0v) is 17.6. The van der Waals surface area contributed by atoms with Crippen molar-refractivity contribution in [2.45, 2.75) is 82.5 Å². The number of likely N-dealkylation sites (tertiary alicyclic amines) is 1. The van der Waals surface area contributed by atoms with Crippen molar-refractivity contribution in [3.8, 4) is 0 Å². The SMILES string of the molecule is Cc1ccc(C2(C(=O)N3CCC(c4onc5c4CCCC5)CC3)CCCC2)cc1. The maximum Gasteiger partial charge on any atom is 0.233 e. The Morgan fingerprint density at radius 1 is 1.03 bits per heavy atom. The highest BCUT2D eigenvalue weighted by atomic mass is 16.5. The average molecular weight is 393 g/mol. The summed E-state index contributed by atoms with van der Waals surface area (Å²) in [7, 11) is 0. The lowest BCUT2D eigenvalue weighted by Gasteiger charge is -2.38. The molecule has 2 fully saturated rings. The Hall–Kier alpha value is -2.10. The number of nitrogens with zero attached hydrogens (tertiary/aromatic N) is 2. The quantitative estimate of drug-likeness (QED) is 0.732. The zero-order valence-electron chi connectivity index (χ0n) is 17.6. The van der Waals surface area contributed by atoms with E-state index in [-0.39, 0.29) is 5.41 Å². The van der Waals surface area contributed by atoms with Gasteiger partial charge in [0.05, 0.1) is 11.1 Å². The van der Waals surface area contributed by atoms with Gasteiger partial charge in [-0.25, -0.2) is 0 Å². The van der Waals surface area contributed by atoms with Crippen LogP contribution in [0.2, 0.25) is 0 Å². The van der Waals surface area contributed by atoms with Gasteiger partial charge in [-0.3, -0.25) is 4.79 Å². The molecule has 0 unspecified atom stereocenters. The van der Waals surface area contributed by atoms with Crippen LogP contribution in [0.4, 0.5) is 0 Å². The summed E-state index contributed by atoms with van der Waals surface area (Å²) in [4.78, 5) is 15.9. The Balaban J connectivity index is 1.31. The molecule has 1 saturated heterocycles.